The Kier molecular flexibility index (Phi) is 5.80. The lowest BCUT2D eigenvalue weighted by Gasteiger charge is -2.37. The van der Waals surface area contributed by atoms with Crippen molar-refractivity contribution in [1.82, 2.24) is 4.98 Å². The number of hydrogen-bond donors (Lipinski definition) is 5. The van der Waals surface area contributed by atoms with E-state index < -0.39 is 37.3 Å². The topological polar surface area (TPSA) is 153 Å². The molecule has 3 aliphatic rings. The molecular formula is C18H19NO8. The van der Waals surface area contributed by atoms with Crippen molar-refractivity contribution in [2.24, 2.45) is 0 Å². The summed E-state index contributed by atoms with van der Waals surface area (Å²) >= 11 is 0. The Morgan fingerprint density at radius 3 is 2.44 bits per heavy atom. The van der Waals surface area contributed by atoms with Crippen LogP contribution < -0.4 is 5.43 Å². The summed E-state index contributed by atoms with van der Waals surface area (Å²) < 4.78 is 10.1. The molecule has 1 saturated heterocycles. The lowest BCUT2D eigenvalue weighted by Crippen LogP contribution is -2.58. The van der Waals surface area contributed by atoms with E-state index in [-0.39, 0.29) is 5.43 Å². The molecule has 9 heteroatoms. The maximum Gasteiger partial charge on any atom is 0.184 e. The molecule has 0 radical (unpaired) electrons. The molecule has 2 aliphatic heterocycles. The number of fused-ring (bicyclic) bond motifs is 2. The fourth-order valence-electron chi connectivity index (χ4n) is 2.63. The fraction of sp³-hybridized carbons (Fsp3) is 0.333. The summed E-state index contributed by atoms with van der Waals surface area (Å²) in [5.74, 6) is 0.529. The van der Waals surface area contributed by atoms with Crippen molar-refractivity contribution in [3.63, 3.8) is 0 Å². The molecule has 0 spiro atoms. The van der Waals surface area contributed by atoms with Crippen LogP contribution in [0, 0.1) is 0 Å². The Morgan fingerprint density at radius 1 is 0.963 bits per heavy atom. The highest BCUT2D eigenvalue weighted by atomic mass is 16.6. The number of aromatic nitrogens is 1. The van der Waals surface area contributed by atoms with Crippen molar-refractivity contribution in [2.45, 2.75) is 30.7 Å². The van der Waals surface area contributed by atoms with Gasteiger partial charge in [-0.05, 0) is 24.3 Å². The van der Waals surface area contributed by atoms with Crippen LogP contribution in [0.2, 0.25) is 0 Å². The summed E-state index contributed by atoms with van der Waals surface area (Å²) in [7, 11) is 0. The molecule has 9 nitrogen and oxygen atoms in total. The summed E-state index contributed by atoms with van der Waals surface area (Å²) in [5, 5.41) is 44.7. The first-order valence-electron chi connectivity index (χ1n) is 8.19. The second kappa shape index (κ2) is 8.09. The number of nitrogens with zero attached hydrogens (tertiary/aromatic N) is 1. The fourth-order valence-corrected chi connectivity index (χ4v) is 2.63. The monoisotopic (exact) mass is 377 g/mol. The third-order valence-electron chi connectivity index (χ3n) is 4.12. The van der Waals surface area contributed by atoms with Gasteiger partial charge in [0, 0.05) is 6.07 Å². The van der Waals surface area contributed by atoms with Crippen LogP contribution in [-0.2, 0) is 4.74 Å². The lowest BCUT2D eigenvalue weighted by atomic mass is 10.00. The second-order valence-corrected chi connectivity index (χ2v) is 6.03. The van der Waals surface area contributed by atoms with Gasteiger partial charge in [0.25, 0.3) is 0 Å². The normalized spacial score (nSPS) is 28.0. The number of ether oxygens (including phenoxy) is 1. The molecule has 0 aromatic heterocycles. The van der Waals surface area contributed by atoms with Crippen LogP contribution >= 0.6 is 0 Å². The minimum absolute atomic E-state index is 0.0664. The third kappa shape index (κ3) is 4.14. The maximum absolute atomic E-state index is 11.1. The van der Waals surface area contributed by atoms with E-state index in [1.165, 1.54) is 12.1 Å². The van der Waals surface area contributed by atoms with Gasteiger partial charge < -0.3 is 34.7 Å². The predicted molar refractivity (Wildman–Crippen MR) is 92.9 cm³/mol. The predicted octanol–water partition coefficient (Wildman–Crippen LogP) is -0.929. The van der Waals surface area contributed by atoms with Crippen LogP contribution in [0.1, 0.15) is 0 Å². The molecule has 1 aliphatic carbocycles. The zero-order chi connectivity index (χ0) is 19.6. The third-order valence-corrected chi connectivity index (χ3v) is 4.12. The summed E-state index contributed by atoms with van der Waals surface area (Å²) in [6.07, 6.45) is -7.04. The van der Waals surface area contributed by atoms with Crippen LogP contribution in [0.15, 0.2) is 51.7 Å². The van der Waals surface area contributed by atoms with E-state index in [0.29, 0.717) is 17.0 Å². The number of benzene rings is 2. The van der Waals surface area contributed by atoms with Crippen molar-refractivity contribution < 1.29 is 34.7 Å². The van der Waals surface area contributed by atoms with Crippen molar-refractivity contribution in [1.29, 1.82) is 0 Å². The number of aliphatic hydroxyl groups excluding tert-OH is 5. The number of rotatable bonds is 1. The van der Waals surface area contributed by atoms with E-state index >= 15 is 0 Å². The molecule has 4 rings (SSSR count). The molecule has 5 N–H and O–H groups in total. The Labute approximate surface area is 153 Å². The highest BCUT2D eigenvalue weighted by Gasteiger charge is 2.42. The first-order valence-corrected chi connectivity index (χ1v) is 8.19. The first kappa shape index (κ1) is 19.4. The number of hydrogen-bond acceptors (Lipinski definition) is 9. The molecule has 2 heterocycles. The average Bonchev–Trinajstić information content (AvgIpc) is 2.68. The van der Waals surface area contributed by atoms with Gasteiger partial charge in [-0.3, -0.25) is 4.79 Å². The van der Waals surface area contributed by atoms with Crippen LogP contribution in [0.5, 0.6) is 0 Å². The molecule has 1 fully saturated rings. The highest BCUT2D eigenvalue weighted by molar-refractivity contribution is 5.75. The van der Waals surface area contributed by atoms with Gasteiger partial charge in [0.2, 0.25) is 0 Å². The summed E-state index contributed by atoms with van der Waals surface area (Å²) in [5.41, 5.74) is 2.12. The maximum atomic E-state index is 11.1. The molecular weight excluding hydrogens is 358 g/mol. The Balaban J connectivity index is 0.000000161. The highest BCUT2D eigenvalue weighted by Crippen LogP contribution is 2.22. The SMILES string of the molecule is O=c1ccc2nc3ccccc3oc-2c1.OC[C@H]1O[C@@H](O)[C@H](O)[C@@H](O)[C@@H]1O. The Morgan fingerprint density at radius 2 is 1.70 bits per heavy atom. The lowest BCUT2D eigenvalue weighted by molar-refractivity contribution is -0.286. The molecule has 0 unspecified atom stereocenters. The van der Waals surface area contributed by atoms with E-state index in [9.17, 15) is 4.79 Å². The minimum atomic E-state index is -1.57. The van der Waals surface area contributed by atoms with Gasteiger partial charge in [-0.2, -0.15) is 0 Å². The van der Waals surface area contributed by atoms with E-state index in [1.54, 1.807) is 6.07 Å². The van der Waals surface area contributed by atoms with Crippen molar-refractivity contribution in [3.05, 3.63) is 52.7 Å². The quantitative estimate of drug-likeness (QED) is 0.338. The molecule has 144 valence electrons. The van der Waals surface area contributed by atoms with Crippen LogP contribution in [0.3, 0.4) is 0 Å². The van der Waals surface area contributed by atoms with Crippen LogP contribution in [0.4, 0.5) is 0 Å². The molecule has 27 heavy (non-hydrogen) atoms. The largest absolute Gasteiger partial charge is 0.453 e. The smallest absolute Gasteiger partial charge is 0.184 e. The summed E-state index contributed by atoms with van der Waals surface area (Å²) in [6, 6.07) is 12.1. The van der Waals surface area contributed by atoms with Gasteiger partial charge in [0.05, 0.1) is 6.61 Å². The zero-order valence-electron chi connectivity index (χ0n) is 14.0. The molecule has 0 bridgehead atoms. The standard InChI is InChI=1S/C12H7NO2.C6H12O6/c14-8-5-6-10-12(7-8)15-11-4-2-1-3-9(11)13-10;7-1-2-3(8)4(9)5(10)6(11)12-2/h1-7H;2-11H,1H2/t;2-,3-,4+,5-,6-/m.1/s1. The van der Waals surface area contributed by atoms with Crippen molar-refractivity contribution in [3.8, 4) is 11.5 Å². The number of para-hydroxylation sites is 2. The zero-order valence-corrected chi connectivity index (χ0v) is 14.0. The van der Waals surface area contributed by atoms with E-state index in [2.05, 4.69) is 9.72 Å². The Bertz CT molecular complexity index is 924. The van der Waals surface area contributed by atoms with Crippen LogP contribution in [0.25, 0.3) is 22.6 Å². The molecule has 1 aromatic rings. The van der Waals surface area contributed by atoms with E-state index in [0.717, 1.165) is 5.52 Å². The van der Waals surface area contributed by atoms with Gasteiger partial charge in [0.15, 0.2) is 23.1 Å². The minimum Gasteiger partial charge on any atom is -0.453 e. The second-order valence-electron chi connectivity index (χ2n) is 6.03. The van der Waals surface area contributed by atoms with Gasteiger partial charge in [0.1, 0.15) is 35.6 Å². The van der Waals surface area contributed by atoms with Gasteiger partial charge in [-0.15, -0.1) is 0 Å². The number of aliphatic hydroxyl groups is 5. The van der Waals surface area contributed by atoms with Crippen molar-refractivity contribution >= 4 is 11.1 Å². The van der Waals surface area contributed by atoms with Gasteiger partial charge in [-0.1, -0.05) is 12.1 Å². The van der Waals surface area contributed by atoms with E-state index in [1.807, 2.05) is 24.3 Å². The van der Waals surface area contributed by atoms with E-state index in [4.69, 9.17) is 29.9 Å². The summed E-state index contributed by atoms with van der Waals surface area (Å²) in [4.78, 5) is 15.5. The van der Waals surface area contributed by atoms with Crippen molar-refractivity contribution in [2.75, 3.05) is 6.61 Å². The van der Waals surface area contributed by atoms with Crippen LogP contribution in [-0.4, -0.2) is 67.8 Å². The molecule has 0 amide bonds. The first-order chi connectivity index (χ1) is 12.9. The molecule has 5 atom stereocenters. The van der Waals surface area contributed by atoms with Gasteiger partial charge >= 0.3 is 0 Å². The molecule has 0 saturated carbocycles. The van der Waals surface area contributed by atoms with Gasteiger partial charge in [-0.25, -0.2) is 4.98 Å². The Hall–Kier alpha value is -2.40. The average molecular weight is 377 g/mol. The molecule has 1 aromatic carbocycles. The summed E-state index contributed by atoms with van der Waals surface area (Å²) in [6.45, 7) is -0.526.